The molecule has 0 radical (unpaired) electrons. The molecule has 0 aliphatic carbocycles. The average molecular weight is 470 g/mol. The number of benzene rings is 2. The van der Waals surface area contributed by atoms with Crippen molar-refractivity contribution in [3.05, 3.63) is 65.7 Å². The normalized spacial score (nSPS) is 17.1. The Bertz CT molecular complexity index is 1020. The van der Waals surface area contributed by atoms with Gasteiger partial charge in [-0.2, -0.15) is 17.5 Å². The molecule has 174 valence electrons. The zero-order valence-electron chi connectivity index (χ0n) is 17.7. The smallest absolute Gasteiger partial charge is 0.354 e. The zero-order chi connectivity index (χ0) is 23.4. The highest BCUT2D eigenvalue weighted by Gasteiger charge is 2.34. The number of hydrogen-bond donors (Lipinski definition) is 1. The number of nitrogens with zero attached hydrogens (tertiary/aromatic N) is 2. The summed E-state index contributed by atoms with van der Waals surface area (Å²) in [5, 5.41) is 2.90. The van der Waals surface area contributed by atoms with Gasteiger partial charge in [0, 0.05) is 32.7 Å². The number of piperazine rings is 1. The molecule has 1 aliphatic heterocycles. The van der Waals surface area contributed by atoms with E-state index in [0.717, 1.165) is 28.1 Å². The number of amides is 1. The first-order valence-electron chi connectivity index (χ1n) is 10.3. The Kier molecular flexibility index (Phi) is 7.58. The van der Waals surface area contributed by atoms with Crippen LogP contribution in [0.25, 0.3) is 0 Å². The van der Waals surface area contributed by atoms with Gasteiger partial charge in [-0.15, -0.1) is 0 Å². The molecule has 1 fully saturated rings. The van der Waals surface area contributed by atoms with E-state index in [1.165, 1.54) is 0 Å². The van der Waals surface area contributed by atoms with Gasteiger partial charge < -0.3 is 5.32 Å². The summed E-state index contributed by atoms with van der Waals surface area (Å²) in [6.45, 7) is 3.50. The second-order valence-electron chi connectivity index (χ2n) is 7.82. The second-order valence-corrected chi connectivity index (χ2v) is 9.76. The lowest BCUT2D eigenvalue weighted by molar-refractivity contribution is -0.137. The molecule has 1 amide bonds. The van der Waals surface area contributed by atoms with E-state index in [2.05, 4.69) is 5.32 Å². The fraction of sp³-hybridized carbons (Fsp3) is 0.409. The van der Waals surface area contributed by atoms with E-state index in [0.29, 0.717) is 25.7 Å². The zero-order valence-corrected chi connectivity index (χ0v) is 18.5. The molecular formula is C22H26F3N3O3S. The van der Waals surface area contributed by atoms with Gasteiger partial charge in [-0.1, -0.05) is 43.3 Å². The summed E-state index contributed by atoms with van der Waals surface area (Å²) in [6.07, 6.45) is -4.62. The minimum absolute atomic E-state index is 0.103. The third-order valence-corrected chi connectivity index (χ3v) is 7.37. The first-order valence-corrected chi connectivity index (χ1v) is 11.7. The molecule has 1 aliphatic rings. The predicted molar refractivity (Wildman–Crippen MR) is 115 cm³/mol. The molecule has 2 aromatic carbocycles. The lowest BCUT2D eigenvalue weighted by Crippen LogP contribution is -2.51. The Morgan fingerprint density at radius 2 is 1.69 bits per heavy atom. The van der Waals surface area contributed by atoms with Gasteiger partial charge in [0.15, 0.2) is 0 Å². The highest BCUT2D eigenvalue weighted by atomic mass is 32.2. The molecular weight excluding hydrogens is 443 g/mol. The Morgan fingerprint density at radius 3 is 2.31 bits per heavy atom. The van der Waals surface area contributed by atoms with Crippen molar-refractivity contribution in [2.24, 2.45) is 0 Å². The van der Waals surface area contributed by atoms with E-state index in [4.69, 9.17) is 0 Å². The van der Waals surface area contributed by atoms with Crippen LogP contribution in [0.2, 0.25) is 0 Å². The Hall–Kier alpha value is -2.43. The summed E-state index contributed by atoms with van der Waals surface area (Å²) >= 11 is 0. The van der Waals surface area contributed by atoms with Crippen LogP contribution in [0, 0.1) is 0 Å². The number of alkyl halides is 3. The highest BCUT2D eigenvalue weighted by molar-refractivity contribution is 7.89. The summed E-state index contributed by atoms with van der Waals surface area (Å²) in [5.41, 5.74) is 0.125. The summed E-state index contributed by atoms with van der Waals surface area (Å²) in [7, 11) is -4.04. The first-order chi connectivity index (χ1) is 15.1. The molecule has 0 saturated carbocycles. The number of rotatable bonds is 7. The molecule has 1 heterocycles. The predicted octanol–water partition coefficient (Wildman–Crippen LogP) is 2.93. The average Bonchev–Trinajstić information content (AvgIpc) is 2.78. The Balaban J connectivity index is 1.51. The minimum atomic E-state index is -4.62. The van der Waals surface area contributed by atoms with Crippen molar-refractivity contribution >= 4 is 15.9 Å². The van der Waals surface area contributed by atoms with Crippen LogP contribution >= 0.6 is 0 Å². The van der Waals surface area contributed by atoms with E-state index in [1.807, 2.05) is 42.2 Å². The molecule has 1 atom stereocenters. The number of sulfonamides is 1. The van der Waals surface area contributed by atoms with Crippen LogP contribution in [-0.2, 0) is 21.0 Å². The molecule has 3 rings (SSSR count). The van der Waals surface area contributed by atoms with Gasteiger partial charge in [0.25, 0.3) is 0 Å². The summed E-state index contributed by atoms with van der Waals surface area (Å²) in [5.74, 6) is 0.0107. The van der Waals surface area contributed by atoms with Crippen LogP contribution in [0.5, 0.6) is 0 Å². The standard InChI is InChI=1S/C22H26F3N3O3S/c1-17(18-6-3-2-4-7-18)15-26-21(29)16-27-10-12-28(13-11-27)32(30,31)20-9-5-8-19(14-20)22(23,24)25/h2-9,14,17H,10-13,15-16H2,1H3,(H,26,29)/t17-/m0/s1. The van der Waals surface area contributed by atoms with Crippen molar-refractivity contribution in [1.29, 1.82) is 0 Å². The number of nitrogens with one attached hydrogen (secondary N) is 1. The van der Waals surface area contributed by atoms with E-state index in [1.54, 1.807) is 0 Å². The molecule has 1 saturated heterocycles. The molecule has 1 N–H and O–H groups in total. The number of carbonyl (C=O) groups is 1. The molecule has 0 bridgehead atoms. The van der Waals surface area contributed by atoms with Crippen LogP contribution in [0.15, 0.2) is 59.5 Å². The Labute approximate surface area is 186 Å². The van der Waals surface area contributed by atoms with Crippen molar-refractivity contribution in [3.8, 4) is 0 Å². The molecule has 0 aromatic heterocycles. The quantitative estimate of drug-likeness (QED) is 0.677. The molecule has 0 unspecified atom stereocenters. The third kappa shape index (κ3) is 6.08. The van der Waals surface area contributed by atoms with Gasteiger partial charge in [-0.25, -0.2) is 8.42 Å². The van der Waals surface area contributed by atoms with Crippen molar-refractivity contribution in [1.82, 2.24) is 14.5 Å². The third-order valence-electron chi connectivity index (χ3n) is 5.47. The minimum Gasteiger partial charge on any atom is -0.354 e. The largest absolute Gasteiger partial charge is 0.416 e. The van der Waals surface area contributed by atoms with Crippen LogP contribution in [0.1, 0.15) is 24.0 Å². The van der Waals surface area contributed by atoms with Gasteiger partial charge in [-0.3, -0.25) is 9.69 Å². The molecule has 32 heavy (non-hydrogen) atoms. The van der Waals surface area contributed by atoms with Crippen molar-refractivity contribution < 1.29 is 26.4 Å². The topological polar surface area (TPSA) is 69.7 Å². The van der Waals surface area contributed by atoms with Gasteiger partial charge in [0.05, 0.1) is 17.0 Å². The van der Waals surface area contributed by atoms with Gasteiger partial charge >= 0.3 is 6.18 Å². The fourth-order valence-electron chi connectivity index (χ4n) is 3.54. The van der Waals surface area contributed by atoms with Crippen molar-refractivity contribution in [2.45, 2.75) is 23.9 Å². The molecule has 0 spiro atoms. The first kappa shape index (κ1) is 24.2. The lowest BCUT2D eigenvalue weighted by atomic mass is 10.0. The van der Waals surface area contributed by atoms with Gasteiger partial charge in [0.1, 0.15) is 0 Å². The summed E-state index contributed by atoms with van der Waals surface area (Å²) < 4.78 is 65.5. The number of carbonyl (C=O) groups excluding carboxylic acids is 1. The molecule has 10 heteroatoms. The molecule has 2 aromatic rings. The van der Waals surface area contributed by atoms with E-state index in [-0.39, 0.29) is 36.4 Å². The molecule has 6 nitrogen and oxygen atoms in total. The van der Waals surface area contributed by atoms with E-state index >= 15 is 0 Å². The van der Waals surface area contributed by atoms with Crippen LogP contribution < -0.4 is 5.32 Å². The monoisotopic (exact) mass is 469 g/mol. The number of halogens is 3. The van der Waals surface area contributed by atoms with Crippen LogP contribution in [0.3, 0.4) is 0 Å². The van der Waals surface area contributed by atoms with Gasteiger partial charge in [0.2, 0.25) is 15.9 Å². The number of hydrogen-bond acceptors (Lipinski definition) is 4. The van der Waals surface area contributed by atoms with Gasteiger partial charge in [-0.05, 0) is 29.7 Å². The van der Waals surface area contributed by atoms with Crippen LogP contribution in [-0.4, -0.2) is 62.8 Å². The summed E-state index contributed by atoms with van der Waals surface area (Å²) in [4.78, 5) is 13.7. The lowest BCUT2D eigenvalue weighted by Gasteiger charge is -2.33. The maximum atomic E-state index is 12.9. The van der Waals surface area contributed by atoms with E-state index < -0.39 is 21.8 Å². The fourth-order valence-corrected chi connectivity index (χ4v) is 5.00. The van der Waals surface area contributed by atoms with Crippen molar-refractivity contribution in [3.63, 3.8) is 0 Å². The van der Waals surface area contributed by atoms with Crippen molar-refractivity contribution in [2.75, 3.05) is 39.3 Å². The summed E-state index contributed by atoms with van der Waals surface area (Å²) in [6, 6.07) is 13.6. The second kappa shape index (κ2) is 10.0. The Morgan fingerprint density at radius 1 is 1.03 bits per heavy atom. The maximum Gasteiger partial charge on any atom is 0.416 e. The van der Waals surface area contributed by atoms with E-state index in [9.17, 15) is 26.4 Å². The van der Waals surface area contributed by atoms with Crippen LogP contribution in [0.4, 0.5) is 13.2 Å². The SMILES string of the molecule is C[C@@H](CNC(=O)CN1CCN(S(=O)(=O)c2cccc(C(F)(F)F)c2)CC1)c1ccccc1. The highest BCUT2D eigenvalue weighted by Crippen LogP contribution is 2.31. The maximum absolute atomic E-state index is 12.9.